The zero-order valence-corrected chi connectivity index (χ0v) is 15.0. The smallest absolute Gasteiger partial charge is 0.224 e. The van der Waals surface area contributed by atoms with Crippen LogP contribution >= 0.6 is 0 Å². The number of para-hydroxylation sites is 2. The van der Waals surface area contributed by atoms with Crippen LogP contribution in [-0.2, 0) is 9.53 Å². The van der Waals surface area contributed by atoms with Crippen LogP contribution in [0.3, 0.4) is 0 Å². The summed E-state index contributed by atoms with van der Waals surface area (Å²) in [6.45, 7) is 3.52. The summed E-state index contributed by atoms with van der Waals surface area (Å²) in [5.74, 6) is 1.47. The van der Waals surface area contributed by atoms with Gasteiger partial charge in [0, 0.05) is 13.0 Å². The first-order valence-electron chi connectivity index (χ1n) is 9.65. The molecule has 1 atom stereocenters. The van der Waals surface area contributed by atoms with Crippen LogP contribution in [0.4, 0.5) is 5.69 Å². The largest absolute Gasteiger partial charge is 0.489 e. The molecule has 1 aromatic rings. The number of hydrogen-bond donors (Lipinski definition) is 2. The molecule has 5 heteroatoms. The second-order valence-electron chi connectivity index (χ2n) is 7.08. The van der Waals surface area contributed by atoms with Crippen LogP contribution in [-0.4, -0.2) is 38.3 Å². The first-order valence-corrected chi connectivity index (χ1v) is 9.65. The lowest BCUT2D eigenvalue weighted by Gasteiger charge is -2.23. The maximum atomic E-state index is 12.3. The Morgan fingerprint density at radius 2 is 2.04 bits per heavy atom. The molecule has 0 spiro atoms. The van der Waals surface area contributed by atoms with E-state index in [1.807, 2.05) is 24.3 Å². The van der Waals surface area contributed by atoms with Crippen LogP contribution in [0.25, 0.3) is 0 Å². The molecule has 2 fully saturated rings. The number of piperidine rings is 1. The van der Waals surface area contributed by atoms with Gasteiger partial charge in [-0.05, 0) is 69.7 Å². The van der Waals surface area contributed by atoms with E-state index in [9.17, 15) is 4.79 Å². The van der Waals surface area contributed by atoms with E-state index in [1.54, 1.807) is 0 Å². The highest BCUT2D eigenvalue weighted by Gasteiger charge is 2.17. The Hall–Kier alpha value is -1.59. The highest BCUT2D eigenvalue weighted by Crippen LogP contribution is 2.26. The molecule has 0 aromatic heterocycles. The van der Waals surface area contributed by atoms with Gasteiger partial charge in [-0.2, -0.15) is 0 Å². The lowest BCUT2D eigenvalue weighted by Crippen LogP contribution is -2.28. The Labute approximate surface area is 150 Å². The Morgan fingerprint density at radius 3 is 2.84 bits per heavy atom. The molecule has 2 aliphatic heterocycles. The fraction of sp³-hybridized carbons (Fsp3) is 0.650. The lowest BCUT2D eigenvalue weighted by molar-refractivity contribution is -0.116. The van der Waals surface area contributed by atoms with Gasteiger partial charge < -0.3 is 20.1 Å². The molecular weight excluding hydrogens is 316 g/mol. The van der Waals surface area contributed by atoms with Crippen molar-refractivity contribution in [2.24, 2.45) is 5.92 Å². The molecule has 2 saturated heterocycles. The normalized spacial score (nSPS) is 21.7. The van der Waals surface area contributed by atoms with Crippen molar-refractivity contribution in [2.45, 2.75) is 51.0 Å². The number of ether oxygens (including phenoxy) is 2. The van der Waals surface area contributed by atoms with Gasteiger partial charge in [-0.3, -0.25) is 4.79 Å². The number of hydrogen-bond acceptors (Lipinski definition) is 4. The predicted octanol–water partition coefficient (Wildman–Crippen LogP) is 3.35. The molecule has 25 heavy (non-hydrogen) atoms. The number of benzene rings is 1. The van der Waals surface area contributed by atoms with Crippen molar-refractivity contribution in [1.29, 1.82) is 0 Å². The topological polar surface area (TPSA) is 59.6 Å². The van der Waals surface area contributed by atoms with Crippen molar-refractivity contribution >= 4 is 11.6 Å². The van der Waals surface area contributed by atoms with E-state index in [-0.39, 0.29) is 12.0 Å². The van der Waals surface area contributed by atoms with Gasteiger partial charge in [-0.25, -0.2) is 0 Å². The minimum atomic E-state index is 0.0727. The van der Waals surface area contributed by atoms with E-state index in [0.29, 0.717) is 18.9 Å². The van der Waals surface area contributed by atoms with Gasteiger partial charge in [-0.15, -0.1) is 0 Å². The fourth-order valence-electron chi connectivity index (χ4n) is 3.54. The molecule has 2 N–H and O–H groups in total. The maximum absolute atomic E-state index is 12.3. The number of rotatable bonds is 7. The highest BCUT2D eigenvalue weighted by molar-refractivity contribution is 5.92. The van der Waals surface area contributed by atoms with E-state index in [4.69, 9.17) is 9.47 Å². The Balaban J connectivity index is 1.46. The molecule has 0 aliphatic carbocycles. The molecule has 2 aliphatic rings. The molecular formula is C20H30N2O3. The summed E-state index contributed by atoms with van der Waals surface area (Å²) in [5.41, 5.74) is 0.758. The molecule has 1 aromatic carbocycles. The van der Waals surface area contributed by atoms with E-state index in [2.05, 4.69) is 10.6 Å². The van der Waals surface area contributed by atoms with E-state index >= 15 is 0 Å². The Morgan fingerprint density at radius 1 is 1.20 bits per heavy atom. The Kier molecular flexibility index (Phi) is 7.12. The zero-order valence-electron chi connectivity index (χ0n) is 15.0. The zero-order chi connectivity index (χ0) is 17.3. The van der Waals surface area contributed by atoms with Gasteiger partial charge in [0.25, 0.3) is 0 Å². The molecule has 0 bridgehead atoms. The van der Waals surface area contributed by atoms with Crippen LogP contribution in [0, 0.1) is 5.92 Å². The second kappa shape index (κ2) is 9.78. The first-order chi connectivity index (χ1) is 12.3. The third kappa shape index (κ3) is 6.01. The van der Waals surface area contributed by atoms with Crippen molar-refractivity contribution in [2.75, 3.05) is 31.6 Å². The van der Waals surface area contributed by atoms with Crippen molar-refractivity contribution in [3.05, 3.63) is 24.3 Å². The number of carbonyl (C=O) groups is 1. The molecule has 2 heterocycles. The molecule has 5 nitrogen and oxygen atoms in total. The molecule has 0 saturated carbocycles. The quantitative estimate of drug-likeness (QED) is 0.795. The van der Waals surface area contributed by atoms with E-state index in [1.165, 1.54) is 19.3 Å². The van der Waals surface area contributed by atoms with Gasteiger partial charge in [0.05, 0.1) is 11.8 Å². The summed E-state index contributed by atoms with van der Waals surface area (Å²) >= 11 is 0. The van der Waals surface area contributed by atoms with Crippen LogP contribution < -0.4 is 15.4 Å². The van der Waals surface area contributed by atoms with Crippen molar-refractivity contribution in [1.82, 2.24) is 5.32 Å². The average Bonchev–Trinajstić information content (AvgIpc) is 2.67. The van der Waals surface area contributed by atoms with Crippen molar-refractivity contribution in [3.8, 4) is 5.75 Å². The molecule has 0 radical (unpaired) electrons. The molecule has 3 rings (SSSR count). The lowest BCUT2D eigenvalue weighted by atomic mass is 9.93. The van der Waals surface area contributed by atoms with Gasteiger partial charge >= 0.3 is 0 Å². The predicted molar refractivity (Wildman–Crippen MR) is 99.0 cm³/mol. The van der Waals surface area contributed by atoms with Crippen molar-refractivity contribution < 1.29 is 14.3 Å². The summed E-state index contributed by atoms with van der Waals surface area (Å²) in [4.78, 5) is 12.3. The first kappa shape index (κ1) is 18.2. The van der Waals surface area contributed by atoms with Crippen molar-refractivity contribution in [3.63, 3.8) is 0 Å². The van der Waals surface area contributed by atoms with Crippen LogP contribution in [0.5, 0.6) is 5.75 Å². The van der Waals surface area contributed by atoms with Gasteiger partial charge in [0.15, 0.2) is 0 Å². The summed E-state index contributed by atoms with van der Waals surface area (Å²) in [6.07, 6.45) is 7.44. The van der Waals surface area contributed by atoms with Gasteiger partial charge in [-0.1, -0.05) is 12.1 Å². The fourth-order valence-corrected chi connectivity index (χ4v) is 3.54. The molecule has 138 valence electrons. The van der Waals surface area contributed by atoms with Crippen LogP contribution in [0.1, 0.15) is 44.9 Å². The van der Waals surface area contributed by atoms with Crippen LogP contribution in [0.15, 0.2) is 24.3 Å². The highest BCUT2D eigenvalue weighted by atomic mass is 16.5. The minimum absolute atomic E-state index is 0.0727. The SMILES string of the molecule is O=C(CCC1CCNCC1)Nc1ccccc1OCC1CCCCO1. The third-order valence-corrected chi connectivity index (χ3v) is 5.10. The second-order valence-corrected chi connectivity index (χ2v) is 7.08. The number of anilines is 1. The van der Waals surface area contributed by atoms with E-state index in [0.717, 1.165) is 50.4 Å². The summed E-state index contributed by atoms with van der Waals surface area (Å²) in [6, 6.07) is 7.67. The van der Waals surface area contributed by atoms with Gasteiger partial charge in [0.2, 0.25) is 5.91 Å². The minimum Gasteiger partial charge on any atom is -0.489 e. The van der Waals surface area contributed by atoms with Crippen LogP contribution in [0.2, 0.25) is 0 Å². The molecule has 1 unspecified atom stereocenters. The van der Waals surface area contributed by atoms with E-state index < -0.39 is 0 Å². The molecule has 1 amide bonds. The number of amides is 1. The monoisotopic (exact) mass is 346 g/mol. The van der Waals surface area contributed by atoms with Gasteiger partial charge in [0.1, 0.15) is 12.4 Å². The third-order valence-electron chi connectivity index (χ3n) is 5.10. The maximum Gasteiger partial charge on any atom is 0.224 e. The Bertz CT molecular complexity index is 537. The number of carbonyl (C=O) groups excluding carboxylic acids is 1. The number of nitrogens with one attached hydrogen (secondary N) is 2. The summed E-state index contributed by atoms with van der Waals surface area (Å²) < 4.78 is 11.6. The summed E-state index contributed by atoms with van der Waals surface area (Å²) in [7, 11) is 0. The summed E-state index contributed by atoms with van der Waals surface area (Å²) in [5, 5.41) is 6.38. The average molecular weight is 346 g/mol. The standard InChI is InChI=1S/C20H30N2O3/c23-20(9-8-16-10-12-21-13-11-16)22-18-6-1-2-7-19(18)25-15-17-5-3-4-14-24-17/h1-2,6-7,16-17,21H,3-5,8-15H2,(H,22,23).